The number of aryl methyl sites for hydroxylation is 1. The fourth-order valence-corrected chi connectivity index (χ4v) is 1.55. The van der Waals surface area contributed by atoms with E-state index in [2.05, 4.69) is 10.6 Å². The third-order valence-corrected chi connectivity index (χ3v) is 2.60. The van der Waals surface area contributed by atoms with Crippen LogP contribution in [0.25, 0.3) is 0 Å². The van der Waals surface area contributed by atoms with Gasteiger partial charge in [-0.05, 0) is 31.9 Å². The highest BCUT2D eigenvalue weighted by atomic mass is 16.1. The summed E-state index contributed by atoms with van der Waals surface area (Å²) in [5.74, 6) is 0.0329. The molecule has 2 rings (SSSR count). The van der Waals surface area contributed by atoms with Crippen LogP contribution < -0.4 is 10.6 Å². The first kappa shape index (κ1) is 10.0. The fraction of sp³-hybridized carbons (Fsp3) is 0.417. The van der Waals surface area contributed by atoms with E-state index in [0.29, 0.717) is 6.04 Å². The van der Waals surface area contributed by atoms with Gasteiger partial charge in [-0.1, -0.05) is 11.6 Å². The zero-order chi connectivity index (χ0) is 10.8. The largest absolute Gasteiger partial charge is 0.387 e. The van der Waals surface area contributed by atoms with Gasteiger partial charge in [-0.25, -0.2) is 0 Å². The van der Waals surface area contributed by atoms with Crippen molar-refractivity contribution in [3.63, 3.8) is 0 Å². The summed E-state index contributed by atoms with van der Waals surface area (Å²) in [6, 6.07) is 6.27. The van der Waals surface area contributed by atoms with Gasteiger partial charge in [-0.3, -0.25) is 4.79 Å². The molecule has 0 spiro atoms. The van der Waals surface area contributed by atoms with E-state index in [1.54, 1.807) is 0 Å². The summed E-state index contributed by atoms with van der Waals surface area (Å²) in [5, 5.41) is 6.03. The molecule has 0 unspecified atom stereocenters. The summed E-state index contributed by atoms with van der Waals surface area (Å²) >= 11 is 0. The molecule has 1 amide bonds. The van der Waals surface area contributed by atoms with Gasteiger partial charge >= 0.3 is 0 Å². The number of amides is 1. The van der Waals surface area contributed by atoms with Gasteiger partial charge < -0.3 is 10.6 Å². The maximum Gasteiger partial charge on any atom is 0.253 e. The zero-order valence-corrected chi connectivity index (χ0v) is 9.13. The molecule has 0 radical (unpaired) electrons. The van der Waals surface area contributed by atoms with Crippen molar-refractivity contribution >= 4 is 11.6 Å². The molecule has 80 valence electrons. The molecule has 0 aromatic heterocycles. The highest BCUT2D eigenvalue weighted by molar-refractivity contribution is 6.00. The monoisotopic (exact) mass is 204 g/mol. The van der Waals surface area contributed by atoms with Crippen LogP contribution in [-0.2, 0) is 0 Å². The van der Waals surface area contributed by atoms with E-state index in [1.807, 2.05) is 32.2 Å². The SMILES string of the molecule is CNc1ccc(C)cc1C(=O)NC1CC1. The van der Waals surface area contributed by atoms with Crippen LogP contribution in [0.4, 0.5) is 5.69 Å². The van der Waals surface area contributed by atoms with E-state index in [9.17, 15) is 4.79 Å². The molecule has 0 saturated heterocycles. The van der Waals surface area contributed by atoms with Gasteiger partial charge in [0.05, 0.1) is 5.56 Å². The quantitative estimate of drug-likeness (QED) is 0.790. The molecule has 1 fully saturated rings. The molecule has 3 nitrogen and oxygen atoms in total. The lowest BCUT2D eigenvalue weighted by molar-refractivity contribution is 0.0952. The number of carbonyl (C=O) groups excluding carboxylic acids is 1. The molecule has 1 aliphatic carbocycles. The molecule has 0 atom stereocenters. The highest BCUT2D eigenvalue weighted by Crippen LogP contribution is 2.22. The number of anilines is 1. The Kier molecular flexibility index (Phi) is 2.62. The Morgan fingerprint density at radius 3 is 2.73 bits per heavy atom. The van der Waals surface area contributed by atoms with Gasteiger partial charge in [0, 0.05) is 18.8 Å². The summed E-state index contributed by atoms with van der Waals surface area (Å²) in [6.45, 7) is 1.99. The molecule has 0 aliphatic heterocycles. The van der Waals surface area contributed by atoms with E-state index >= 15 is 0 Å². The standard InChI is InChI=1S/C12H16N2O/c1-8-3-6-11(13-2)10(7-8)12(15)14-9-4-5-9/h3,6-7,9,13H,4-5H2,1-2H3,(H,14,15). The van der Waals surface area contributed by atoms with E-state index < -0.39 is 0 Å². The summed E-state index contributed by atoms with van der Waals surface area (Å²) in [7, 11) is 1.83. The first-order valence-corrected chi connectivity index (χ1v) is 5.30. The van der Waals surface area contributed by atoms with E-state index in [4.69, 9.17) is 0 Å². The second kappa shape index (κ2) is 3.93. The minimum absolute atomic E-state index is 0.0329. The van der Waals surface area contributed by atoms with Crippen LogP contribution in [0.15, 0.2) is 18.2 Å². The molecule has 2 N–H and O–H groups in total. The molecular weight excluding hydrogens is 188 g/mol. The molecule has 1 aromatic rings. The topological polar surface area (TPSA) is 41.1 Å². The third-order valence-electron chi connectivity index (χ3n) is 2.60. The lowest BCUT2D eigenvalue weighted by atomic mass is 10.1. The second-order valence-electron chi connectivity index (χ2n) is 4.05. The van der Waals surface area contributed by atoms with Crippen LogP contribution in [0.3, 0.4) is 0 Å². The minimum atomic E-state index is 0.0329. The normalized spacial score (nSPS) is 14.8. The van der Waals surface area contributed by atoms with Crippen molar-refractivity contribution in [1.82, 2.24) is 5.32 Å². The van der Waals surface area contributed by atoms with Crippen molar-refractivity contribution in [2.24, 2.45) is 0 Å². The Balaban J connectivity index is 2.23. The summed E-state index contributed by atoms with van der Waals surface area (Å²) in [4.78, 5) is 11.9. The van der Waals surface area contributed by atoms with Gasteiger partial charge in [0.15, 0.2) is 0 Å². The zero-order valence-electron chi connectivity index (χ0n) is 9.13. The predicted octanol–water partition coefficient (Wildman–Crippen LogP) is 1.93. The minimum Gasteiger partial charge on any atom is -0.387 e. The molecule has 3 heteroatoms. The molecule has 0 bridgehead atoms. The Hall–Kier alpha value is -1.51. The van der Waals surface area contributed by atoms with Crippen molar-refractivity contribution in [3.8, 4) is 0 Å². The highest BCUT2D eigenvalue weighted by Gasteiger charge is 2.24. The van der Waals surface area contributed by atoms with Crippen molar-refractivity contribution in [2.45, 2.75) is 25.8 Å². The average molecular weight is 204 g/mol. The maximum atomic E-state index is 11.9. The van der Waals surface area contributed by atoms with Crippen molar-refractivity contribution in [2.75, 3.05) is 12.4 Å². The lowest BCUT2D eigenvalue weighted by Crippen LogP contribution is -2.26. The molecule has 1 saturated carbocycles. The number of benzene rings is 1. The average Bonchev–Trinajstić information content (AvgIpc) is 3.01. The third kappa shape index (κ3) is 2.29. The number of hydrogen-bond acceptors (Lipinski definition) is 2. The van der Waals surface area contributed by atoms with E-state index in [0.717, 1.165) is 29.7 Å². The van der Waals surface area contributed by atoms with Gasteiger partial charge in [0.25, 0.3) is 5.91 Å². The van der Waals surface area contributed by atoms with Gasteiger partial charge in [-0.2, -0.15) is 0 Å². The summed E-state index contributed by atoms with van der Waals surface area (Å²) < 4.78 is 0. The second-order valence-corrected chi connectivity index (χ2v) is 4.05. The molecular formula is C12H16N2O. The Morgan fingerprint density at radius 1 is 1.40 bits per heavy atom. The predicted molar refractivity (Wildman–Crippen MR) is 61.2 cm³/mol. The van der Waals surface area contributed by atoms with Crippen LogP contribution in [-0.4, -0.2) is 19.0 Å². The molecule has 0 heterocycles. The lowest BCUT2D eigenvalue weighted by Gasteiger charge is -2.10. The first-order chi connectivity index (χ1) is 7.20. The number of nitrogens with one attached hydrogen (secondary N) is 2. The smallest absolute Gasteiger partial charge is 0.253 e. The fourth-order valence-electron chi connectivity index (χ4n) is 1.55. The number of carbonyl (C=O) groups is 1. The van der Waals surface area contributed by atoms with E-state index in [1.165, 1.54) is 0 Å². The van der Waals surface area contributed by atoms with Crippen LogP contribution in [0, 0.1) is 6.92 Å². The van der Waals surface area contributed by atoms with Crippen LogP contribution in [0.5, 0.6) is 0 Å². The van der Waals surface area contributed by atoms with Crippen molar-refractivity contribution in [3.05, 3.63) is 29.3 Å². The van der Waals surface area contributed by atoms with Crippen LogP contribution in [0.2, 0.25) is 0 Å². The molecule has 15 heavy (non-hydrogen) atoms. The Bertz CT molecular complexity index is 383. The van der Waals surface area contributed by atoms with Gasteiger partial charge in [0.1, 0.15) is 0 Å². The van der Waals surface area contributed by atoms with E-state index in [-0.39, 0.29) is 5.91 Å². The Labute approximate surface area is 89.9 Å². The van der Waals surface area contributed by atoms with Gasteiger partial charge in [-0.15, -0.1) is 0 Å². The van der Waals surface area contributed by atoms with Crippen molar-refractivity contribution < 1.29 is 4.79 Å². The van der Waals surface area contributed by atoms with Gasteiger partial charge in [0.2, 0.25) is 0 Å². The van der Waals surface area contributed by atoms with Crippen molar-refractivity contribution in [1.29, 1.82) is 0 Å². The maximum absolute atomic E-state index is 11.9. The number of rotatable bonds is 3. The summed E-state index contributed by atoms with van der Waals surface area (Å²) in [5.41, 5.74) is 2.73. The number of hydrogen-bond donors (Lipinski definition) is 2. The Morgan fingerprint density at radius 2 is 2.13 bits per heavy atom. The first-order valence-electron chi connectivity index (χ1n) is 5.30. The summed E-state index contributed by atoms with van der Waals surface area (Å²) in [6.07, 6.45) is 2.24. The van der Waals surface area contributed by atoms with Crippen LogP contribution >= 0.6 is 0 Å². The molecule has 1 aromatic carbocycles. The van der Waals surface area contributed by atoms with Crippen LogP contribution in [0.1, 0.15) is 28.8 Å². The molecule has 1 aliphatic rings.